The SMILES string of the molecule is CC[C@@H]1NC(=O)[C@@H]2[C@@H]([C@H](C)CCCC(=O)N(C)C)ON2C(=O)[C@H](C(C)C)N(C)C(=O)[C@H](CC(C)C)N(C)C(=O)[C@H](CC(C)C)N(C)C(=O)[C@@H](C)NC(=O)[C@H](C)NC(=O)[C@H](CC(C)C)N(C)C(=O)[C@H](C(C)C)NC(=O)[C@H]([C@@H](C)OCCCCN2CCOCC2)N(C)C(=O)[C@@H](C)N(C)C1=O. The summed E-state index contributed by atoms with van der Waals surface area (Å²) in [5.74, 6) is -9.82. The number of hydrogen-bond acceptors (Lipinski definition) is 16. The van der Waals surface area contributed by atoms with Crippen LogP contribution in [0.1, 0.15) is 169 Å². The summed E-state index contributed by atoms with van der Waals surface area (Å²) in [6.45, 7) is 31.5. The molecule has 28 heteroatoms. The molecule has 0 saturated carbocycles. The number of morpholine rings is 1. The first-order chi connectivity index (χ1) is 45.6. The van der Waals surface area contributed by atoms with Crippen LogP contribution in [0, 0.1) is 35.5 Å². The van der Waals surface area contributed by atoms with E-state index in [1.165, 1.54) is 92.5 Å². The lowest BCUT2D eigenvalue weighted by Crippen LogP contribution is -2.72. The molecule has 0 unspecified atom stereocenters. The average molecular weight is 1390 g/mol. The fourth-order valence-corrected chi connectivity index (χ4v) is 12.9. The van der Waals surface area contributed by atoms with Gasteiger partial charge >= 0.3 is 0 Å². The average Bonchev–Trinajstić information content (AvgIpc) is 0.754. The Balaban J connectivity index is 2.30. The molecule has 28 nitrogen and oxygen atoms in total. The third-order valence-corrected chi connectivity index (χ3v) is 19.3. The van der Waals surface area contributed by atoms with Crippen LogP contribution in [0.25, 0.3) is 0 Å². The summed E-state index contributed by atoms with van der Waals surface area (Å²) in [5, 5.41) is 12.1. The number of carbonyl (C=O) groups is 12. The van der Waals surface area contributed by atoms with E-state index >= 15 is 24.0 Å². The van der Waals surface area contributed by atoms with Crippen LogP contribution >= 0.6 is 0 Å². The number of likely N-dealkylation sites (N-methyl/N-ethyl adjacent to an activating group) is 6. The van der Waals surface area contributed by atoms with E-state index in [2.05, 4.69) is 26.2 Å². The van der Waals surface area contributed by atoms with E-state index in [1.54, 1.807) is 55.6 Å². The Labute approximate surface area is 584 Å². The van der Waals surface area contributed by atoms with E-state index in [0.29, 0.717) is 32.5 Å². The lowest BCUT2D eigenvalue weighted by Gasteiger charge is -2.50. The minimum Gasteiger partial charge on any atom is -0.379 e. The zero-order chi connectivity index (χ0) is 74.7. The van der Waals surface area contributed by atoms with Gasteiger partial charge in [-0.1, -0.05) is 83.1 Å². The molecule has 4 N–H and O–H groups in total. The van der Waals surface area contributed by atoms with E-state index in [4.69, 9.17) is 14.3 Å². The Bertz CT molecular complexity index is 2710. The van der Waals surface area contributed by atoms with E-state index in [0.717, 1.165) is 36.0 Å². The van der Waals surface area contributed by atoms with Crippen molar-refractivity contribution in [2.24, 2.45) is 35.5 Å². The predicted octanol–water partition coefficient (Wildman–Crippen LogP) is 2.74. The van der Waals surface area contributed by atoms with Crippen LogP contribution in [-0.4, -0.2) is 290 Å². The molecular weight excluding hydrogens is 1260 g/mol. The maximum absolute atomic E-state index is 15.3. The number of unbranched alkanes of at least 4 members (excludes halogenated alkanes) is 1. The molecule has 0 aromatic rings. The third-order valence-electron chi connectivity index (χ3n) is 19.3. The van der Waals surface area contributed by atoms with Crippen LogP contribution in [0.4, 0.5) is 0 Å². The maximum atomic E-state index is 15.3. The molecule has 560 valence electrons. The lowest BCUT2D eigenvalue weighted by atomic mass is 9.88. The van der Waals surface area contributed by atoms with Crippen molar-refractivity contribution in [3.63, 3.8) is 0 Å². The van der Waals surface area contributed by atoms with Crippen molar-refractivity contribution in [1.29, 1.82) is 0 Å². The van der Waals surface area contributed by atoms with Gasteiger partial charge in [0.2, 0.25) is 65.0 Å². The molecular formula is C70H125N13O15. The smallest absolute Gasteiger partial charge is 0.270 e. The number of rotatable bonds is 21. The summed E-state index contributed by atoms with van der Waals surface area (Å²) in [7, 11) is 11.9. The quantitative estimate of drug-likeness (QED) is 0.120. The van der Waals surface area contributed by atoms with E-state index in [1.807, 2.05) is 48.5 Å². The highest BCUT2D eigenvalue weighted by atomic mass is 16.7. The second-order valence-electron chi connectivity index (χ2n) is 29.7. The normalized spacial score (nSPS) is 27.8. The van der Waals surface area contributed by atoms with Gasteiger partial charge in [-0.25, -0.2) is 5.06 Å². The fraction of sp³-hybridized carbons (Fsp3) is 0.829. The summed E-state index contributed by atoms with van der Waals surface area (Å²) in [6, 6.07) is -13.9. The Morgan fingerprint density at radius 3 is 1.56 bits per heavy atom. The minimum atomic E-state index is -1.40. The van der Waals surface area contributed by atoms with Crippen molar-refractivity contribution in [2.45, 2.75) is 247 Å². The molecule has 3 saturated heterocycles. The van der Waals surface area contributed by atoms with Gasteiger partial charge in [0.05, 0.1) is 19.3 Å². The van der Waals surface area contributed by atoms with E-state index in [9.17, 15) is 33.6 Å². The highest BCUT2D eigenvalue weighted by molar-refractivity contribution is 6.00. The van der Waals surface area contributed by atoms with Crippen LogP contribution < -0.4 is 21.3 Å². The molecule has 0 aromatic carbocycles. The zero-order valence-electron chi connectivity index (χ0n) is 63.7. The first-order valence-corrected chi connectivity index (χ1v) is 35.6. The molecule has 14 atom stereocenters. The summed E-state index contributed by atoms with van der Waals surface area (Å²) in [5.41, 5.74) is 0. The van der Waals surface area contributed by atoms with Crippen molar-refractivity contribution < 1.29 is 71.8 Å². The summed E-state index contributed by atoms with van der Waals surface area (Å²) in [6.07, 6.45) is 0.906. The first kappa shape index (κ1) is 85.7. The van der Waals surface area contributed by atoms with Crippen LogP contribution in [0.5, 0.6) is 0 Å². The molecule has 0 aliphatic carbocycles. The number of hydrogen-bond donors (Lipinski definition) is 4. The standard InChI is InChI=1S/C70H125N13O15/c1-25-50-66(91)76(19)48(15)65(90)81(24)57(49(16)97-34-27-26-31-82-32-35-96-36-33-82)62(87)74-55(43(8)9)69(94)77(20)51(37-40(2)3)61(86)71-46(13)60(85)72-47(14)64(89)78(21)52(38-41(4)5)67(92)79(22)53(39-42(6)7)68(93)80(23)56(44(10)11)70(95)83-58(63(88)73-50)59(98-83)45(12)29-28-30-54(84)75(17)18/h40-53,55-59H,25-39H2,1-24H3,(H,71,86)(H,72,85)(H,73,88)(H,74,87)/t45-,46+,47-,48-,49-,50+,51+,52+,53+,55+,56+,57+,58+,59-/m1/s1. The molecule has 3 aliphatic rings. The van der Waals surface area contributed by atoms with E-state index in [-0.39, 0.29) is 62.4 Å². The van der Waals surface area contributed by atoms with Gasteiger partial charge in [-0.3, -0.25) is 67.3 Å². The fourth-order valence-electron chi connectivity index (χ4n) is 12.9. The molecule has 12 amide bonds. The molecule has 0 spiro atoms. The minimum absolute atomic E-state index is 0.0185. The monoisotopic (exact) mass is 1390 g/mol. The van der Waals surface area contributed by atoms with Crippen molar-refractivity contribution in [1.82, 2.24) is 65.5 Å². The number of ether oxygens (including phenoxy) is 2. The molecule has 98 heavy (non-hydrogen) atoms. The first-order valence-electron chi connectivity index (χ1n) is 35.6. The highest BCUT2D eigenvalue weighted by Gasteiger charge is 2.55. The van der Waals surface area contributed by atoms with Crippen LogP contribution in [0.3, 0.4) is 0 Å². The number of nitrogens with zero attached hydrogens (tertiary/aromatic N) is 9. The molecule has 3 fully saturated rings. The molecule has 0 bridgehead atoms. The van der Waals surface area contributed by atoms with Gasteiger partial charge in [0.15, 0.2) is 6.04 Å². The van der Waals surface area contributed by atoms with Gasteiger partial charge in [0, 0.05) is 82.5 Å². The molecule has 0 radical (unpaired) electrons. The maximum Gasteiger partial charge on any atom is 0.270 e. The lowest BCUT2D eigenvalue weighted by molar-refractivity contribution is -0.322. The van der Waals surface area contributed by atoms with Gasteiger partial charge in [0.1, 0.15) is 66.5 Å². The largest absolute Gasteiger partial charge is 0.379 e. The predicted molar refractivity (Wildman–Crippen MR) is 372 cm³/mol. The second kappa shape index (κ2) is 39.5. The Morgan fingerprint density at radius 2 is 1.04 bits per heavy atom. The number of fused-ring (bicyclic) bond motifs is 1. The number of hydroxylamine groups is 2. The van der Waals surface area contributed by atoms with Crippen molar-refractivity contribution in [3.8, 4) is 0 Å². The van der Waals surface area contributed by atoms with Crippen LogP contribution in [0.15, 0.2) is 0 Å². The van der Waals surface area contributed by atoms with E-state index < -0.39 is 161 Å². The van der Waals surface area contributed by atoms with Gasteiger partial charge in [-0.05, 0) is 121 Å². The summed E-state index contributed by atoms with van der Waals surface area (Å²) >= 11 is 0. The van der Waals surface area contributed by atoms with Crippen molar-refractivity contribution in [3.05, 3.63) is 0 Å². The van der Waals surface area contributed by atoms with Gasteiger partial charge in [-0.2, -0.15) is 0 Å². The highest BCUT2D eigenvalue weighted by Crippen LogP contribution is 2.34. The number of carbonyl (C=O) groups excluding carboxylic acids is 12. The van der Waals surface area contributed by atoms with Crippen molar-refractivity contribution in [2.75, 3.05) is 95.8 Å². The Hall–Kier alpha value is -6.52. The Kier molecular flexibility index (Phi) is 34.5. The number of nitrogens with one attached hydrogen (secondary N) is 4. The second-order valence-corrected chi connectivity index (χ2v) is 29.7. The summed E-state index contributed by atoms with van der Waals surface area (Å²) < 4.78 is 11.9. The van der Waals surface area contributed by atoms with Gasteiger partial charge in [0.25, 0.3) is 5.91 Å². The van der Waals surface area contributed by atoms with Crippen molar-refractivity contribution >= 4 is 70.9 Å². The van der Waals surface area contributed by atoms with Crippen LogP contribution in [0.2, 0.25) is 0 Å². The van der Waals surface area contributed by atoms with Crippen LogP contribution in [-0.2, 0) is 71.8 Å². The molecule has 3 aliphatic heterocycles. The summed E-state index contributed by atoms with van der Waals surface area (Å²) in [4.78, 5) is 194. The molecule has 3 rings (SSSR count). The third kappa shape index (κ3) is 23.3. The molecule has 3 heterocycles. The topological polar surface area (TPSA) is 310 Å². The van der Waals surface area contributed by atoms with Gasteiger partial charge < -0.3 is 65.0 Å². The zero-order valence-corrected chi connectivity index (χ0v) is 63.7. The van der Waals surface area contributed by atoms with Gasteiger partial charge in [-0.15, -0.1) is 0 Å². The number of amides is 12. The molecule has 0 aromatic heterocycles. The Morgan fingerprint density at radius 1 is 0.531 bits per heavy atom.